The maximum Gasteiger partial charge on any atom is 0.345 e. The fourth-order valence-corrected chi connectivity index (χ4v) is 2.36. The van der Waals surface area contributed by atoms with Crippen LogP contribution in [-0.2, 0) is 16.7 Å². The Labute approximate surface area is 141 Å². The Morgan fingerprint density at radius 3 is 2.39 bits per heavy atom. The first-order valence-corrected chi connectivity index (χ1v) is 7.81. The van der Waals surface area contributed by atoms with Crippen LogP contribution in [-0.4, -0.2) is 18.0 Å². The van der Waals surface area contributed by atoms with Crippen LogP contribution in [0.1, 0.15) is 21.5 Å². The van der Waals surface area contributed by atoms with Gasteiger partial charge >= 0.3 is 11.7 Å². The number of carbonyl (C=O) groups is 1. The molecule has 0 radical (unpaired) electrons. The Morgan fingerprint density at radius 2 is 1.83 bits per heavy atom. The van der Waals surface area contributed by atoms with Crippen molar-refractivity contribution in [1.29, 1.82) is 0 Å². The predicted octanol–water partition coefficient (Wildman–Crippen LogP) is 3.86. The van der Waals surface area contributed by atoms with Crippen LogP contribution < -0.4 is 4.74 Å². The summed E-state index contributed by atoms with van der Waals surface area (Å²) >= 11 is 3.36. The second-order valence-corrected chi connectivity index (χ2v) is 5.20. The van der Waals surface area contributed by atoms with Crippen molar-refractivity contribution in [2.75, 3.05) is 7.11 Å². The highest BCUT2D eigenvalue weighted by Crippen LogP contribution is 2.31. The highest BCUT2D eigenvalue weighted by Gasteiger charge is 2.26. The normalized spacial score (nSPS) is 10.2. The topological polar surface area (TPSA) is 78.7 Å². The van der Waals surface area contributed by atoms with Gasteiger partial charge in [0.15, 0.2) is 5.75 Å². The number of methoxy groups -OCH3 is 1. The molecule has 0 fully saturated rings. The van der Waals surface area contributed by atoms with Crippen LogP contribution in [0.4, 0.5) is 5.69 Å². The molecule has 120 valence electrons. The summed E-state index contributed by atoms with van der Waals surface area (Å²) in [7, 11) is 1.17. The van der Waals surface area contributed by atoms with Crippen molar-refractivity contribution >= 4 is 27.6 Å². The van der Waals surface area contributed by atoms with E-state index in [1.165, 1.54) is 25.3 Å². The number of carbonyl (C=O) groups excluding carboxylic acids is 1. The zero-order chi connectivity index (χ0) is 16.8. The number of nitro benzene ring substituents is 1. The van der Waals surface area contributed by atoms with Gasteiger partial charge in [-0.1, -0.05) is 46.3 Å². The summed E-state index contributed by atoms with van der Waals surface area (Å²) in [6.07, 6.45) is 0. The molecule has 0 aliphatic rings. The van der Waals surface area contributed by atoms with Crippen molar-refractivity contribution in [3.05, 3.63) is 69.3 Å². The lowest BCUT2D eigenvalue weighted by atomic mass is 10.1. The number of rotatable bonds is 6. The van der Waals surface area contributed by atoms with Crippen LogP contribution in [0.2, 0.25) is 0 Å². The third-order valence-electron chi connectivity index (χ3n) is 3.16. The number of para-hydroxylation sites is 1. The van der Waals surface area contributed by atoms with E-state index in [9.17, 15) is 14.9 Å². The molecule has 0 spiro atoms. The molecule has 2 rings (SSSR count). The lowest BCUT2D eigenvalue weighted by molar-refractivity contribution is -0.386. The van der Waals surface area contributed by atoms with Crippen LogP contribution in [0, 0.1) is 10.1 Å². The lowest BCUT2D eigenvalue weighted by Crippen LogP contribution is -2.08. The number of nitrogens with zero attached hydrogens (tertiary/aromatic N) is 1. The van der Waals surface area contributed by atoms with Crippen molar-refractivity contribution in [3.8, 4) is 5.75 Å². The molecule has 0 aliphatic heterocycles. The zero-order valence-corrected chi connectivity index (χ0v) is 13.9. The summed E-state index contributed by atoms with van der Waals surface area (Å²) in [4.78, 5) is 22.3. The Morgan fingerprint density at radius 1 is 1.17 bits per heavy atom. The summed E-state index contributed by atoms with van der Waals surface area (Å²) in [6.45, 7) is 0.161. The Balaban J connectivity index is 2.24. The molecule has 0 atom stereocenters. The van der Waals surface area contributed by atoms with Crippen molar-refractivity contribution in [1.82, 2.24) is 0 Å². The van der Waals surface area contributed by atoms with E-state index >= 15 is 0 Å². The molecule has 23 heavy (non-hydrogen) atoms. The van der Waals surface area contributed by atoms with Crippen molar-refractivity contribution in [3.63, 3.8) is 0 Å². The lowest BCUT2D eigenvalue weighted by Gasteiger charge is -2.09. The van der Waals surface area contributed by atoms with E-state index in [0.717, 1.165) is 16.5 Å². The number of hydrogen-bond acceptors (Lipinski definition) is 5. The van der Waals surface area contributed by atoms with Crippen molar-refractivity contribution in [2.45, 2.75) is 11.9 Å². The first-order valence-electron chi connectivity index (χ1n) is 6.69. The van der Waals surface area contributed by atoms with Gasteiger partial charge in [-0.15, -0.1) is 0 Å². The van der Waals surface area contributed by atoms with Gasteiger partial charge in [-0.3, -0.25) is 10.1 Å². The SMILES string of the molecule is COC(=O)c1cccc(OCc2ccc(CBr)cc2)c1[N+](=O)[O-]. The van der Waals surface area contributed by atoms with Gasteiger partial charge in [-0.25, -0.2) is 4.79 Å². The minimum absolute atomic E-state index is 0.0301. The van der Waals surface area contributed by atoms with Gasteiger partial charge in [0.2, 0.25) is 0 Å². The van der Waals surface area contributed by atoms with E-state index in [1.807, 2.05) is 24.3 Å². The zero-order valence-electron chi connectivity index (χ0n) is 12.3. The molecule has 0 bridgehead atoms. The van der Waals surface area contributed by atoms with E-state index in [4.69, 9.17) is 4.74 Å². The highest BCUT2D eigenvalue weighted by molar-refractivity contribution is 9.08. The van der Waals surface area contributed by atoms with E-state index in [-0.39, 0.29) is 17.9 Å². The third-order valence-corrected chi connectivity index (χ3v) is 3.81. The summed E-state index contributed by atoms with van der Waals surface area (Å²) in [6, 6.07) is 11.9. The average molecular weight is 380 g/mol. The van der Waals surface area contributed by atoms with Crippen LogP contribution in [0.25, 0.3) is 0 Å². The molecule has 0 heterocycles. The molecule has 0 amide bonds. The number of hydrogen-bond donors (Lipinski definition) is 0. The molecular formula is C16H14BrNO5. The van der Waals surface area contributed by atoms with Crippen LogP contribution in [0.15, 0.2) is 42.5 Å². The second kappa shape index (κ2) is 7.73. The summed E-state index contributed by atoms with van der Waals surface area (Å²) in [5.74, 6) is -0.744. The maximum atomic E-state index is 11.6. The van der Waals surface area contributed by atoms with Crippen LogP contribution >= 0.6 is 15.9 Å². The Hall–Kier alpha value is -2.41. The smallest absolute Gasteiger partial charge is 0.345 e. The first kappa shape index (κ1) is 17.0. The molecule has 0 saturated carbocycles. The molecule has 2 aromatic rings. The number of nitro groups is 1. The van der Waals surface area contributed by atoms with Gasteiger partial charge < -0.3 is 9.47 Å². The van der Waals surface area contributed by atoms with E-state index in [0.29, 0.717) is 0 Å². The van der Waals surface area contributed by atoms with E-state index < -0.39 is 16.6 Å². The summed E-state index contributed by atoms with van der Waals surface area (Å²) in [5, 5.41) is 12.0. The molecule has 7 heteroatoms. The van der Waals surface area contributed by atoms with Gasteiger partial charge in [-0.2, -0.15) is 0 Å². The Kier molecular flexibility index (Phi) is 5.70. The maximum absolute atomic E-state index is 11.6. The van der Waals surface area contributed by atoms with Crippen molar-refractivity contribution in [2.24, 2.45) is 0 Å². The molecule has 6 nitrogen and oxygen atoms in total. The minimum Gasteiger partial charge on any atom is -0.482 e. The Bertz CT molecular complexity index is 715. The minimum atomic E-state index is -0.774. The molecule has 0 N–H and O–H groups in total. The molecule has 0 saturated heterocycles. The second-order valence-electron chi connectivity index (χ2n) is 4.64. The van der Waals surface area contributed by atoms with Crippen LogP contribution in [0.3, 0.4) is 0 Å². The quantitative estimate of drug-likeness (QED) is 0.329. The number of esters is 1. The van der Waals surface area contributed by atoms with Crippen LogP contribution in [0.5, 0.6) is 5.75 Å². The number of halogens is 1. The standard InChI is InChI=1S/C16H14BrNO5/c1-22-16(19)13-3-2-4-14(15(13)18(20)21)23-10-12-7-5-11(9-17)6-8-12/h2-8H,9-10H2,1H3. The fraction of sp³-hybridized carbons (Fsp3) is 0.188. The molecular weight excluding hydrogens is 366 g/mol. The van der Waals surface area contributed by atoms with Gasteiger partial charge in [0, 0.05) is 5.33 Å². The predicted molar refractivity (Wildman–Crippen MR) is 87.8 cm³/mol. The van der Waals surface area contributed by atoms with E-state index in [2.05, 4.69) is 20.7 Å². The first-order chi connectivity index (χ1) is 11.1. The largest absolute Gasteiger partial charge is 0.482 e. The summed E-state index contributed by atoms with van der Waals surface area (Å²) < 4.78 is 10.1. The highest BCUT2D eigenvalue weighted by atomic mass is 79.9. The third kappa shape index (κ3) is 4.07. The van der Waals surface area contributed by atoms with Gasteiger partial charge in [0.05, 0.1) is 12.0 Å². The average Bonchev–Trinajstić information content (AvgIpc) is 2.59. The molecule has 0 aromatic heterocycles. The molecule has 2 aromatic carbocycles. The molecule has 0 aliphatic carbocycles. The summed E-state index contributed by atoms with van der Waals surface area (Å²) in [5.41, 5.74) is 1.46. The van der Waals surface area contributed by atoms with E-state index in [1.54, 1.807) is 0 Å². The number of ether oxygens (including phenoxy) is 2. The molecule has 0 unspecified atom stereocenters. The fourth-order valence-electron chi connectivity index (χ4n) is 1.99. The number of benzene rings is 2. The number of alkyl halides is 1. The van der Waals surface area contributed by atoms with Gasteiger partial charge in [0.25, 0.3) is 0 Å². The van der Waals surface area contributed by atoms with Crippen molar-refractivity contribution < 1.29 is 19.2 Å². The van der Waals surface area contributed by atoms with Gasteiger partial charge in [-0.05, 0) is 23.3 Å². The van der Waals surface area contributed by atoms with Gasteiger partial charge in [0.1, 0.15) is 12.2 Å². The monoisotopic (exact) mass is 379 g/mol.